The Morgan fingerprint density at radius 3 is 2.55 bits per heavy atom. The van der Waals surface area contributed by atoms with Gasteiger partial charge in [0.05, 0.1) is 30.0 Å². The second kappa shape index (κ2) is 5.57. The topological polar surface area (TPSA) is 42.4 Å². The van der Waals surface area contributed by atoms with Crippen LogP contribution in [0.5, 0.6) is 0 Å². The molecule has 2 aromatic rings. The van der Waals surface area contributed by atoms with Gasteiger partial charge in [-0.2, -0.15) is 13.2 Å². The fourth-order valence-electron chi connectivity index (χ4n) is 2.57. The first-order chi connectivity index (χ1) is 10.5. The number of carbonyl (C=O) groups is 1. The summed E-state index contributed by atoms with van der Waals surface area (Å²) in [6, 6.07) is 6.86. The molecule has 1 aliphatic heterocycles. The molecular formula is C15H13F3N2O2. The highest BCUT2D eigenvalue weighted by atomic mass is 19.4. The Kier molecular flexibility index (Phi) is 3.74. The third kappa shape index (κ3) is 2.64. The van der Waals surface area contributed by atoms with Crippen molar-refractivity contribution in [3.63, 3.8) is 0 Å². The first-order valence-corrected chi connectivity index (χ1v) is 6.80. The lowest BCUT2D eigenvalue weighted by atomic mass is 10.0. The van der Waals surface area contributed by atoms with E-state index in [9.17, 15) is 18.0 Å². The minimum absolute atomic E-state index is 0.288. The van der Waals surface area contributed by atoms with Crippen molar-refractivity contribution in [2.24, 2.45) is 0 Å². The van der Waals surface area contributed by atoms with Crippen molar-refractivity contribution in [2.75, 3.05) is 31.2 Å². The predicted molar refractivity (Wildman–Crippen MR) is 75.2 cm³/mol. The highest BCUT2D eigenvalue weighted by Crippen LogP contribution is 2.34. The van der Waals surface area contributed by atoms with Gasteiger partial charge >= 0.3 is 6.18 Å². The summed E-state index contributed by atoms with van der Waals surface area (Å²) in [6.07, 6.45) is -3.91. The van der Waals surface area contributed by atoms with Gasteiger partial charge in [-0.25, -0.2) is 0 Å². The van der Waals surface area contributed by atoms with E-state index in [0.29, 0.717) is 37.2 Å². The number of Topliss-reactive ketones (excluding diaryl/α,β-unsaturated/α-hetero) is 1. The number of carbonyl (C=O) groups excluding carboxylic acids is 1. The summed E-state index contributed by atoms with van der Waals surface area (Å²) in [5.41, 5.74) is 0.437. The van der Waals surface area contributed by atoms with Crippen molar-refractivity contribution in [1.82, 2.24) is 4.98 Å². The standard InChI is InChI=1S/C15H13F3N2O2/c16-15(17,18)14(21)11-9-19-12-4-2-1-3-10(12)13(11)20-5-7-22-8-6-20/h1-4,9H,5-8H2. The lowest BCUT2D eigenvalue weighted by molar-refractivity contribution is -0.0885. The monoisotopic (exact) mass is 310 g/mol. The van der Waals surface area contributed by atoms with Gasteiger partial charge in [-0.3, -0.25) is 9.78 Å². The van der Waals surface area contributed by atoms with Crippen LogP contribution in [0.3, 0.4) is 0 Å². The second-order valence-corrected chi connectivity index (χ2v) is 4.96. The number of halogens is 3. The first-order valence-electron chi connectivity index (χ1n) is 6.80. The molecular weight excluding hydrogens is 297 g/mol. The molecule has 0 saturated carbocycles. The van der Waals surface area contributed by atoms with Crippen LogP contribution in [0.25, 0.3) is 10.9 Å². The Balaban J connectivity index is 2.20. The predicted octanol–water partition coefficient (Wildman–Crippen LogP) is 2.82. The van der Waals surface area contributed by atoms with E-state index in [4.69, 9.17) is 4.74 Å². The summed E-state index contributed by atoms with van der Waals surface area (Å²) in [6.45, 7) is 1.70. The van der Waals surface area contributed by atoms with E-state index in [0.717, 1.165) is 6.20 Å². The molecule has 1 aromatic carbocycles. The zero-order chi connectivity index (χ0) is 15.7. The molecule has 0 atom stereocenters. The van der Waals surface area contributed by atoms with E-state index < -0.39 is 17.5 Å². The number of ether oxygens (including phenoxy) is 1. The quantitative estimate of drug-likeness (QED) is 0.800. The van der Waals surface area contributed by atoms with Crippen LogP contribution in [0.2, 0.25) is 0 Å². The third-order valence-electron chi connectivity index (χ3n) is 3.58. The Morgan fingerprint density at radius 1 is 1.18 bits per heavy atom. The van der Waals surface area contributed by atoms with Crippen molar-refractivity contribution >= 4 is 22.4 Å². The molecule has 0 radical (unpaired) electrons. The maximum atomic E-state index is 12.9. The molecule has 1 fully saturated rings. The van der Waals surface area contributed by atoms with Gasteiger partial charge in [-0.15, -0.1) is 0 Å². The minimum Gasteiger partial charge on any atom is -0.378 e. The molecule has 1 aliphatic rings. The Hall–Kier alpha value is -2.15. The van der Waals surface area contributed by atoms with Gasteiger partial charge in [0.15, 0.2) is 0 Å². The number of fused-ring (bicyclic) bond motifs is 1. The molecule has 22 heavy (non-hydrogen) atoms. The highest BCUT2D eigenvalue weighted by Gasteiger charge is 2.41. The summed E-state index contributed by atoms with van der Waals surface area (Å²) < 4.78 is 43.8. The molecule has 0 unspecified atom stereocenters. The lowest BCUT2D eigenvalue weighted by Crippen LogP contribution is -2.38. The number of pyridine rings is 1. The molecule has 1 saturated heterocycles. The second-order valence-electron chi connectivity index (χ2n) is 4.96. The Labute approximate surface area is 124 Å². The summed E-state index contributed by atoms with van der Waals surface area (Å²) >= 11 is 0. The van der Waals surface area contributed by atoms with Crippen molar-refractivity contribution in [3.05, 3.63) is 36.0 Å². The molecule has 2 heterocycles. The van der Waals surface area contributed by atoms with E-state index in [1.165, 1.54) is 0 Å². The summed E-state index contributed by atoms with van der Waals surface area (Å²) in [5, 5.41) is 0.541. The molecule has 0 amide bonds. The average Bonchev–Trinajstić information content (AvgIpc) is 2.53. The normalized spacial score (nSPS) is 16.0. The number of morpholine rings is 1. The van der Waals surface area contributed by atoms with Crippen molar-refractivity contribution in [2.45, 2.75) is 6.18 Å². The number of anilines is 1. The molecule has 0 N–H and O–H groups in total. The van der Waals surface area contributed by atoms with Crippen molar-refractivity contribution in [3.8, 4) is 0 Å². The number of hydrogen-bond donors (Lipinski definition) is 0. The fourth-order valence-corrected chi connectivity index (χ4v) is 2.57. The van der Waals surface area contributed by atoms with E-state index in [2.05, 4.69) is 4.98 Å². The number of para-hydroxylation sites is 1. The number of ketones is 1. The summed E-state index contributed by atoms with van der Waals surface area (Å²) in [5.74, 6) is -1.87. The average molecular weight is 310 g/mol. The molecule has 0 spiro atoms. The van der Waals surface area contributed by atoms with Crippen LogP contribution >= 0.6 is 0 Å². The van der Waals surface area contributed by atoms with Crippen LogP contribution in [-0.4, -0.2) is 43.2 Å². The lowest BCUT2D eigenvalue weighted by Gasteiger charge is -2.31. The molecule has 116 valence electrons. The van der Waals surface area contributed by atoms with E-state index in [-0.39, 0.29) is 5.69 Å². The maximum absolute atomic E-state index is 12.9. The van der Waals surface area contributed by atoms with Crippen LogP contribution in [0, 0.1) is 0 Å². The number of alkyl halides is 3. The van der Waals surface area contributed by atoms with Crippen LogP contribution in [-0.2, 0) is 4.74 Å². The van der Waals surface area contributed by atoms with Gasteiger partial charge in [0.25, 0.3) is 5.78 Å². The number of nitrogens with zero attached hydrogens (tertiary/aromatic N) is 2. The molecule has 3 rings (SSSR count). The Morgan fingerprint density at radius 2 is 1.86 bits per heavy atom. The maximum Gasteiger partial charge on any atom is 0.455 e. The fraction of sp³-hybridized carbons (Fsp3) is 0.333. The Bertz CT molecular complexity index is 709. The van der Waals surface area contributed by atoms with Gasteiger partial charge in [0.2, 0.25) is 0 Å². The number of aromatic nitrogens is 1. The zero-order valence-corrected chi connectivity index (χ0v) is 11.6. The van der Waals surface area contributed by atoms with Gasteiger partial charge in [-0.1, -0.05) is 18.2 Å². The molecule has 7 heteroatoms. The van der Waals surface area contributed by atoms with E-state index >= 15 is 0 Å². The number of benzene rings is 1. The molecule has 4 nitrogen and oxygen atoms in total. The van der Waals surface area contributed by atoms with Crippen LogP contribution in [0.4, 0.5) is 18.9 Å². The number of hydrogen-bond acceptors (Lipinski definition) is 4. The first kappa shape index (κ1) is 14.8. The van der Waals surface area contributed by atoms with Gasteiger partial charge < -0.3 is 9.64 Å². The summed E-state index contributed by atoms with van der Waals surface area (Å²) in [4.78, 5) is 17.5. The smallest absolute Gasteiger partial charge is 0.378 e. The largest absolute Gasteiger partial charge is 0.455 e. The summed E-state index contributed by atoms with van der Waals surface area (Å²) in [7, 11) is 0. The zero-order valence-electron chi connectivity index (χ0n) is 11.6. The van der Waals surface area contributed by atoms with Crippen molar-refractivity contribution in [1.29, 1.82) is 0 Å². The highest BCUT2D eigenvalue weighted by molar-refractivity contribution is 6.10. The van der Waals surface area contributed by atoms with Gasteiger partial charge in [-0.05, 0) is 6.07 Å². The molecule has 0 aliphatic carbocycles. The van der Waals surface area contributed by atoms with Crippen LogP contribution in [0.15, 0.2) is 30.5 Å². The van der Waals surface area contributed by atoms with E-state index in [1.54, 1.807) is 29.2 Å². The molecule has 1 aromatic heterocycles. The SMILES string of the molecule is O=C(c1cnc2ccccc2c1N1CCOCC1)C(F)(F)F. The molecule has 0 bridgehead atoms. The van der Waals surface area contributed by atoms with Crippen LogP contribution in [0.1, 0.15) is 10.4 Å². The van der Waals surface area contributed by atoms with Gasteiger partial charge in [0.1, 0.15) is 0 Å². The number of rotatable bonds is 2. The van der Waals surface area contributed by atoms with Crippen molar-refractivity contribution < 1.29 is 22.7 Å². The van der Waals surface area contributed by atoms with E-state index in [1.807, 2.05) is 0 Å². The van der Waals surface area contributed by atoms with Crippen LogP contribution < -0.4 is 4.90 Å². The minimum atomic E-state index is -4.93. The van der Waals surface area contributed by atoms with Gasteiger partial charge in [0, 0.05) is 24.7 Å². The third-order valence-corrected chi connectivity index (χ3v) is 3.58.